The van der Waals surface area contributed by atoms with Crippen molar-refractivity contribution >= 4 is 11.6 Å². The van der Waals surface area contributed by atoms with Crippen molar-refractivity contribution in [2.45, 2.75) is 13.0 Å². The zero-order valence-corrected chi connectivity index (χ0v) is 9.78. The topological polar surface area (TPSA) is 80.0 Å². The third-order valence-electron chi connectivity index (χ3n) is 2.42. The van der Waals surface area contributed by atoms with Gasteiger partial charge < -0.3 is 10.4 Å². The van der Waals surface area contributed by atoms with Crippen LogP contribution in [0.1, 0.15) is 5.56 Å². The van der Waals surface area contributed by atoms with Crippen molar-refractivity contribution in [2.24, 2.45) is 0 Å². The Balaban J connectivity index is 1.90. The van der Waals surface area contributed by atoms with Crippen molar-refractivity contribution in [1.82, 2.24) is 15.0 Å². The third-order valence-corrected chi connectivity index (χ3v) is 2.42. The van der Waals surface area contributed by atoms with Crippen LogP contribution in [0.2, 0.25) is 0 Å². The zero-order chi connectivity index (χ0) is 12.8. The monoisotopic (exact) mass is 246 g/mol. The highest BCUT2D eigenvalue weighted by Crippen LogP contribution is 2.09. The van der Waals surface area contributed by atoms with Gasteiger partial charge in [0.1, 0.15) is 6.54 Å². The fourth-order valence-electron chi connectivity index (χ4n) is 1.55. The van der Waals surface area contributed by atoms with Crippen molar-refractivity contribution in [3.05, 3.63) is 42.2 Å². The first-order valence-corrected chi connectivity index (χ1v) is 5.61. The molecule has 0 bridgehead atoms. The minimum Gasteiger partial charge on any atom is -0.396 e. The van der Waals surface area contributed by atoms with E-state index in [1.54, 1.807) is 6.20 Å². The van der Waals surface area contributed by atoms with Crippen LogP contribution in [0.3, 0.4) is 0 Å². The zero-order valence-electron chi connectivity index (χ0n) is 9.78. The van der Waals surface area contributed by atoms with Crippen molar-refractivity contribution < 1.29 is 9.90 Å². The summed E-state index contributed by atoms with van der Waals surface area (Å²) in [5, 5.41) is 18.9. The Morgan fingerprint density at radius 2 is 2.11 bits per heavy atom. The van der Waals surface area contributed by atoms with Gasteiger partial charge in [0.15, 0.2) is 0 Å². The van der Waals surface area contributed by atoms with Gasteiger partial charge in [0.05, 0.1) is 6.20 Å². The van der Waals surface area contributed by atoms with Crippen LogP contribution < -0.4 is 5.32 Å². The number of nitrogens with one attached hydrogen (secondary N) is 1. The summed E-state index contributed by atoms with van der Waals surface area (Å²) in [6, 6.07) is 7.37. The molecule has 0 atom stereocenters. The van der Waals surface area contributed by atoms with Crippen LogP contribution >= 0.6 is 0 Å². The summed E-state index contributed by atoms with van der Waals surface area (Å²) in [6.07, 6.45) is 3.77. The summed E-state index contributed by atoms with van der Waals surface area (Å²) in [4.78, 5) is 11.7. The number of amides is 1. The van der Waals surface area contributed by atoms with Gasteiger partial charge in [0, 0.05) is 18.5 Å². The summed E-state index contributed by atoms with van der Waals surface area (Å²) >= 11 is 0. The number of hydrogen-bond donors (Lipinski definition) is 2. The molecule has 0 fully saturated rings. The highest BCUT2D eigenvalue weighted by Gasteiger charge is 2.03. The largest absolute Gasteiger partial charge is 0.396 e. The smallest absolute Gasteiger partial charge is 0.246 e. The number of aromatic nitrogens is 3. The first kappa shape index (κ1) is 12.3. The average molecular weight is 246 g/mol. The predicted octanol–water partition coefficient (Wildman–Crippen LogP) is 0.452. The van der Waals surface area contributed by atoms with Crippen molar-refractivity contribution in [3.8, 4) is 0 Å². The molecule has 2 rings (SSSR count). The number of anilines is 1. The Bertz CT molecular complexity index is 493. The molecule has 1 aromatic heterocycles. The molecule has 0 aliphatic carbocycles. The maximum Gasteiger partial charge on any atom is 0.246 e. The molecule has 0 spiro atoms. The number of hydrogen-bond acceptors (Lipinski definition) is 4. The van der Waals surface area contributed by atoms with Gasteiger partial charge >= 0.3 is 0 Å². The van der Waals surface area contributed by atoms with E-state index in [4.69, 9.17) is 5.11 Å². The van der Waals surface area contributed by atoms with Gasteiger partial charge in [-0.15, -0.1) is 5.10 Å². The lowest BCUT2D eigenvalue weighted by Gasteiger charge is -2.06. The lowest BCUT2D eigenvalue weighted by molar-refractivity contribution is -0.116. The van der Waals surface area contributed by atoms with Gasteiger partial charge in [0.2, 0.25) is 5.91 Å². The van der Waals surface area contributed by atoms with Crippen LogP contribution in [0, 0.1) is 0 Å². The molecule has 1 heterocycles. The molecule has 18 heavy (non-hydrogen) atoms. The van der Waals surface area contributed by atoms with E-state index >= 15 is 0 Å². The van der Waals surface area contributed by atoms with Gasteiger partial charge in [-0.25, -0.2) is 4.68 Å². The Morgan fingerprint density at radius 3 is 2.72 bits per heavy atom. The van der Waals surface area contributed by atoms with E-state index in [1.807, 2.05) is 24.3 Å². The quantitative estimate of drug-likeness (QED) is 0.802. The van der Waals surface area contributed by atoms with Crippen LogP contribution in [0.5, 0.6) is 0 Å². The van der Waals surface area contributed by atoms with Gasteiger partial charge in [-0.3, -0.25) is 4.79 Å². The number of nitrogens with zero attached hydrogens (tertiary/aromatic N) is 3. The fourth-order valence-corrected chi connectivity index (χ4v) is 1.55. The highest BCUT2D eigenvalue weighted by molar-refractivity contribution is 5.90. The Morgan fingerprint density at radius 1 is 1.33 bits per heavy atom. The SMILES string of the molecule is O=C(Cn1ccnn1)Nc1ccc(CCO)cc1. The predicted molar refractivity (Wildman–Crippen MR) is 65.9 cm³/mol. The van der Waals surface area contributed by atoms with E-state index in [1.165, 1.54) is 10.9 Å². The van der Waals surface area contributed by atoms with E-state index in [-0.39, 0.29) is 19.1 Å². The second-order valence-electron chi connectivity index (χ2n) is 3.82. The molecule has 6 nitrogen and oxygen atoms in total. The Labute approximate surface area is 104 Å². The second kappa shape index (κ2) is 5.92. The molecule has 0 saturated carbocycles. The standard InChI is InChI=1S/C12H14N4O2/c17-8-5-10-1-3-11(4-2-10)14-12(18)9-16-7-6-13-15-16/h1-4,6-7,17H,5,8-9H2,(H,14,18). The van der Waals surface area contributed by atoms with Crippen LogP contribution in [-0.4, -0.2) is 32.6 Å². The molecule has 0 radical (unpaired) electrons. The lowest BCUT2D eigenvalue weighted by Crippen LogP contribution is -2.19. The molecule has 1 amide bonds. The first-order chi connectivity index (χ1) is 8.78. The van der Waals surface area contributed by atoms with E-state index in [9.17, 15) is 4.79 Å². The molecule has 0 aliphatic rings. The van der Waals surface area contributed by atoms with E-state index in [2.05, 4.69) is 15.6 Å². The molecule has 1 aromatic carbocycles. The maximum absolute atomic E-state index is 11.7. The average Bonchev–Trinajstić information content (AvgIpc) is 2.84. The number of benzene rings is 1. The molecular formula is C12H14N4O2. The van der Waals surface area contributed by atoms with Crippen LogP contribution in [0.4, 0.5) is 5.69 Å². The van der Waals surface area contributed by atoms with E-state index < -0.39 is 0 Å². The molecule has 6 heteroatoms. The first-order valence-electron chi connectivity index (χ1n) is 5.61. The van der Waals surface area contributed by atoms with Crippen molar-refractivity contribution in [3.63, 3.8) is 0 Å². The Kier molecular flexibility index (Phi) is 4.03. The molecule has 0 unspecified atom stereocenters. The lowest BCUT2D eigenvalue weighted by atomic mass is 10.1. The molecular weight excluding hydrogens is 232 g/mol. The number of carbonyl (C=O) groups excluding carboxylic acids is 1. The normalized spacial score (nSPS) is 10.3. The minimum atomic E-state index is -0.157. The highest BCUT2D eigenvalue weighted by atomic mass is 16.3. The number of carbonyl (C=O) groups is 1. The summed E-state index contributed by atoms with van der Waals surface area (Å²) in [7, 11) is 0. The summed E-state index contributed by atoms with van der Waals surface area (Å²) in [5.74, 6) is -0.157. The summed E-state index contributed by atoms with van der Waals surface area (Å²) in [6.45, 7) is 0.260. The second-order valence-corrected chi connectivity index (χ2v) is 3.82. The van der Waals surface area contributed by atoms with Crippen LogP contribution in [-0.2, 0) is 17.8 Å². The summed E-state index contributed by atoms with van der Waals surface area (Å²) < 4.78 is 1.45. The van der Waals surface area contributed by atoms with Crippen molar-refractivity contribution in [1.29, 1.82) is 0 Å². The Hall–Kier alpha value is -2.21. The van der Waals surface area contributed by atoms with Gasteiger partial charge in [0.25, 0.3) is 0 Å². The van der Waals surface area contributed by atoms with Crippen LogP contribution in [0.25, 0.3) is 0 Å². The number of rotatable bonds is 5. The third kappa shape index (κ3) is 3.39. The molecule has 2 aromatic rings. The molecule has 0 aliphatic heterocycles. The van der Waals surface area contributed by atoms with Gasteiger partial charge in [-0.1, -0.05) is 17.3 Å². The number of aliphatic hydroxyl groups excluding tert-OH is 1. The van der Waals surface area contributed by atoms with Crippen LogP contribution in [0.15, 0.2) is 36.7 Å². The molecule has 2 N–H and O–H groups in total. The minimum absolute atomic E-state index is 0.123. The van der Waals surface area contributed by atoms with E-state index in [0.717, 1.165) is 11.3 Å². The maximum atomic E-state index is 11.7. The molecule has 94 valence electrons. The van der Waals surface area contributed by atoms with Gasteiger partial charge in [-0.05, 0) is 24.1 Å². The summed E-state index contributed by atoms with van der Waals surface area (Å²) in [5.41, 5.74) is 1.76. The van der Waals surface area contributed by atoms with Gasteiger partial charge in [-0.2, -0.15) is 0 Å². The fraction of sp³-hybridized carbons (Fsp3) is 0.250. The number of aliphatic hydroxyl groups is 1. The van der Waals surface area contributed by atoms with Crippen molar-refractivity contribution in [2.75, 3.05) is 11.9 Å². The van der Waals surface area contributed by atoms with E-state index in [0.29, 0.717) is 6.42 Å². The molecule has 0 saturated heterocycles.